The summed E-state index contributed by atoms with van der Waals surface area (Å²) in [4.78, 5) is 4.09. The fourth-order valence-corrected chi connectivity index (χ4v) is 1.41. The highest BCUT2D eigenvalue weighted by Crippen LogP contribution is 2.20. The molecule has 84 valence electrons. The lowest BCUT2D eigenvalue weighted by atomic mass is 10.3. The summed E-state index contributed by atoms with van der Waals surface area (Å²) in [6, 6.07) is 1.67. The van der Waals surface area contributed by atoms with Gasteiger partial charge in [0.25, 0.3) is 0 Å². The van der Waals surface area contributed by atoms with E-state index < -0.39 is 0 Å². The summed E-state index contributed by atoms with van der Waals surface area (Å²) < 4.78 is 5.37. The van der Waals surface area contributed by atoms with Gasteiger partial charge in [-0.3, -0.25) is 0 Å². The highest BCUT2D eigenvalue weighted by molar-refractivity contribution is 6.33. The summed E-state index contributed by atoms with van der Waals surface area (Å²) in [6.07, 6.45) is 1.70. The summed E-state index contributed by atoms with van der Waals surface area (Å²) in [6.45, 7) is 5.32. The van der Waals surface area contributed by atoms with Crippen LogP contribution in [0.15, 0.2) is 12.3 Å². The molecule has 0 aliphatic carbocycles. The van der Waals surface area contributed by atoms with Crippen molar-refractivity contribution in [3.05, 3.63) is 17.3 Å². The Morgan fingerprint density at radius 3 is 3.00 bits per heavy atom. The predicted octanol–water partition coefficient (Wildman–Crippen LogP) is 2.15. The molecule has 0 fully saturated rings. The maximum atomic E-state index is 5.94. The normalized spacial score (nSPS) is 12.5. The molecule has 0 aliphatic rings. The Bertz CT molecular complexity index is 320. The molecule has 5 heteroatoms. The first-order chi connectivity index (χ1) is 7.13. The molecule has 0 spiro atoms. The Morgan fingerprint density at radius 1 is 1.67 bits per heavy atom. The summed E-state index contributed by atoms with van der Waals surface area (Å²) >= 11 is 5.94. The predicted molar refractivity (Wildman–Crippen MR) is 63.2 cm³/mol. The second kappa shape index (κ2) is 5.78. The van der Waals surface area contributed by atoms with Crippen LogP contribution in [-0.4, -0.2) is 24.2 Å². The Morgan fingerprint density at radius 2 is 2.40 bits per heavy atom. The van der Waals surface area contributed by atoms with Gasteiger partial charge in [-0.05, 0) is 19.9 Å². The first-order valence-electron chi connectivity index (χ1n) is 4.90. The van der Waals surface area contributed by atoms with Crippen LogP contribution in [0.2, 0.25) is 5.02 Å². The molecule has 1 rings (SSSR count). The maximum Gasteiger partial charge on any atom is 0.145 e. The fourth-order valence-electron chi connectivity index (χ4n) is 1.17. The number of nitrogens with zero attached hydrogens (tertiary/aromatic N) is 1. The quantitative estimate of drug-likeness (QED) is 0.812. The lowest BCUT2D eigenvalue weighted by Gasteiger charge is -2.13. The van der Waals surface area contributed by atoms with Crippen molar-refractivity contribution in [2.24, 2.45) is 0 Å². The van der Waals surface area contributed by atoms with Crippen LogP contribution in [0.4, 0.5) is 11.5 Å². The van der Waals surface area contributed by atoms with Crippen molar-refractivity contribution < 1.29 is 4.74 Å². The molecule has 1 atom stereocenters. The highest BCUT2D eigenvalue weighted by Gasteiger charge is 2.04. The number of nitrogens with two attached hydrogens (primary N) is 1. The Kier molecular flexibility index (Phi) is 4.65. The molecule has 1 heterocycles. The van der Waals surface area contributed by atoms with Gasteiger partial charge in [-0.15, -0.1) is 0 Å². The van der Waals surface area contributed by atoms with Gasteiger partial charge in [-0.25, -0.2) is 4.98 Å². The van der Waals surface area contributed by atoms with Crippen LogP contribution in [0, 0.1) is 0 Å². The van der Waals surface area contributed by atoms with Crippen LogP contribution < -0.4 is 11.1 Å². The summed E-state index contributed by atoms with van der Waals surface area (Å²) in [5.41, 5.74) is 6.09. The molecule has 1 aromatic heterocycles. The average molecular weight is 230 g/mol. The molecule has 0 radical (unpaired) electrons. The van der Waals surface area contributed by atoms with Gasteiger partial charge in [0.15, 0.2) is 0 Å². The summed E-state index contributed by atoms with van der Waals surface area (Å²) in [5.74, 6) is 0.636. The number of ether oxygens (including phenoxy) is 1. The fraction of sp³-hybridized carbons (Fsp3) is 0.500. The Labute approximate surface area is 94.8 Å². The first-order valence-corrected chi connectivity index (χ1v) is 5.27. The highest BCUT2D eigenvalue weighted by atomic mass is 35.5. The number of aromatic nitrogens is 1. The van der Waals surface area contributed by atoms with Gasteiger partial charge in [0.1, 0.15) is 5.82 Å². The van der Waals surface area contributed by atoms with E-state index in [1.54, 1.807) is 12.3 Å². The van der Waals surface area contributed by atoms with Crippen LogP contribution >= 0.6 is 11.6 Å². The van der Waals surface area contributed by atoms with Gasteiger partial charge in [-0.2, -0.15) is 0 Å². The van der Waals surface area contributed by atoms with Crippen molar-refractivity contribution in [3.63, 3.8) is 0 Å². The van der Waals surface area contributed by atoms with E-state index in [0.717, 1.165) is 0 Å². The van der Waals surface area contributed by atoms with E-state index >= 15 is 0 Å². The number of nitrogens with one attached hydrogen (secondary N) is 1. The number of nitrogen functional groups attached to an aromatic ring is 1. The third-order valence-electron chi connectivity index (χ3n) is 1.87. The monoisotopic (exact) mass is 229 g/mol. The van der Waals surface area contributed by atoms with Gasteiger partial charge in [-0.1, -0.05) is 11.6 Å². The molecular weight excluding hydrogens is 214 g/mol. The van der Waals surface area contributed by atoms with Crippen LogP contribution in [0.25, 0.3) is 0 Å². The van der Waals surface area contributed by atoms with E-state index in [1.807, 2.05) is 13.8 Å². The van der Waals surface area contributed by atoms with Crippen LogP contribution in [0.5, 0.6) is 0 Å². The number of rotatable bonds is 5. The van der Waals surface area contributed by atoms with Gasteiger partial charge in [0, 0.05) is 13.2 Å². The van der Waals surface area contributed by atoms with E-state index in [4.69, 9.17) is 22.1 Å². The zero-order valence-electron chi connectivity index (χ0n) is 8.96. The molecular formula is C10H16ClN3O. The van der Waals surface area contributed by atoms with E-state index in [2.05, 4.69) is 10.3 Å². The van der Waals surface area contributed by atoms with Crippen molar-refractivity contribution in [1.82, 2.24) is 4.98 Å². The number of pyridine rings is 1. The lowest BCUT2D eigenvalue weighted by Crippen LogP contribution is -2.20. The van der Waals surface area contributed by atoms with Gasteiger partial charge >= 0.3 is 0 Å². The zero-order chi connectivity index (χ0) is 11.3. The minimum absolute atomic E-state index is 0.130. The minimum atomic E-state index is 0.130. The smallest absolute Gasteiger partial charge is 0.145 e. The second-order valence-electron chi connectivity index (χ2n) is 3.25. The third kappa shape index (κ3) is 3.93. The number of halogens is 1. The van der Waals surface area contributed by atoms with Gasteiger partial charge < -0.3 is 15.8 Å². The standard InChI is InChI=1S/C10H16ClN3O/c1-3-15-7(2)5-13-10-9(11)4-8(12)6-14-10/h4,6-7H,3,5,12H2,1-2H3,(H,13,14). The maximum absolute atomic E-state index is 5.94. The number of hydrogen-bond donors (Lipinski definition) is 2. The summed E-state index contributed by atoms with van der Waals surface area (Å²) in [5, 5.41) is 3.63. The molecule has 0 aromatic carbocycles. The largest absolute Gasteiger partial charge is 0.397 e. The Balaban J connectivity index is 2.50. The van der Waals surface area contributed by atoms with E-state index in [1.165, 1.54) is 0 Å². The van der Waals surface area contributed by atoms with Crippen molar-refractivity contribution >= 4 is 23.1 Å². The summed E-state index contributed by atoms with van der Waals surface area (Å²) in [7, 11) is 0. The molecule has 1 aromatic rings. The first kappa shape index (κ1) is 12.1. The molecule has 0 aliphatic heterocycles. The van der Waals surface area contributed by atoms with Crippen molar-refractivity contribution in [3.8, 4) is 0 Å². The molecule has 0 saturated heterocycles. The van der Waals surface area contributed by atoms with Gasteiger partial charge in [0.05, 0.1) is 23.0 Å². The molecule has 1 unspecified atom stereocenters. The molecule has 4 nitrogen and oxygen atoms in total. The molecule has 0 amide bonds. The van der Waals surface area contributed by atoms with E-state index in [0.29, 0.717) is 29.7 Å². The molecule has 0 saturated carbocycles. The van der Waals surface area contributed by atoms with Crippen molar-refractivity contribution in [1.29, 1.82) is 0 Å². The molecule has 3 N–H and O–H groups in total. The number of anilines is 2. The zero-order valence-corrected chi connectivity index (χ0v) is 9.71. The topological polar surface area (TPSA) is 60.2 Å². The molecule has 0 bridgehead atoms. The van der Waals surface area contributed by atoms with Crippen LogP contribution in [-0.2, 0) is 4.74 Å². The lowest BCUT2D eigenvalue weighted by molar-refractivity contribution is 0.0855. The minimum Gasteiger partial charge on any atom is -0.397 e. The van der Waals surface area contributed by atoms with Crippen molar-refractivity contribution in [2.45, 2.75) is 20.0 Å². The van der Waals surface area contributed by atoms with Crippen LogP contribution in [0.3, 0.4) is 0 Å². The van der Waals surface area contributed by atoms with E-state index in [9.17, 15) is 0 Å². The number of hydrogen-bond acceptors (Lipinski definition) is 4. The SMILES string of the molecule is CCOC(C)CNc1ncc(N)cc1Cl. The van der Waals surface area contributed by atoms with Gasteiger partial charge in [0.2, 0.25) is 0 Å². The molecule has 15 heavy (non-hydrogen) atoms. The Hall–Kier alpha value is -1.00. The van der Waals surface area contributed by atoms with Crippen LogP contribution in [0.1, 0.15) is 13.8 Å². The average Bonchev–Trinajstić information content (AvgIpc) is 2.17. The van der Waals surface area contributed by atoms with Crippen molar-refractivity contribution in [2.75, 3.05) is 24.2 Å². The second-order valence-corrected chi connectivity index (χ2v) is 3.65. The third-order valence-corrected chi connectivity index (χ3v) is 2.16. The van der Waals surface area contributed by atoms with E-state index in [-0.39, 0.29) is 6.10 Å².